The average molecular weight is 263 g/mol. The molecule has 1 aromatic carbocycles. The molecule has 0 aromatic heterocycles. The molecule has 0 fully saturated rings. The number of benzene rings is 1. The lowest BCUT2D eigenvalue weighted by Gasteiger charge is -2.23. The maximum Gasteiger partial charge on any atom is 0.390 e. The van der Waals surface area contributed by atoms with Crippen LogP contribution in [0.1, 0.15) is 25.3 Å². The second-order valence-corrected chi connectivity index (χ2v) is 4.12. The van der Waals surface area contributed by atoms with Gasteiger partial charge in [-0.3, -0.25) is 10.1 Å². The third-order valence-corrected chi connectivity index (χ3v) is 2.84. The third-order valence-electron chi connectivity index (χ3n) is 2.84. The van der Waals surface area contributed by atoms with Crippen LogP contribution in [0.25, 0.3) is 0 Å². The summed E-state index contributed by atoms with van der Waals surface area (Å²) in [6.45, 7) is 5.19. The van der Waals surface area contributed by atoms with E-state index in [2.05, 4.69) is 6.58 Å². The summed E-state index contributed by atoms with van der Waals surface area (Å²) < 4.78 is 4.93. The highest BCUT2D eigenvalue weighted by Crippen LogP contribution is 2.31. The molecule has 1 rings (SSSR count). The zero-order chi connectivity index (χ0) is 14.3. The predicted molar refractivity (Wildman–Crippen MR) is 71.2 cm³/mol. The van der Waals surface area contributed by atoms with Crippen molar-refractivity contribution in [2.24, 2.45) is 0 Å². The van der Waals surface area contributed by atoms with Gasteiger partial charge in [-0.2, -0.15) is 0 Å². The molecule has 102 valence electrons. The SMILES string of the molecule is C=CCOC(=O)C(CCC)(c1ccccc1)[N+](=O)[O-]. The fraction of sp³-hybridized carbons (Fsp3) is 0.357. The Hall–Kier alpha value is -2.17. The van der Waals surface area contributed by atoms with Gasteiger partial charge < -0.3 is 4.74 Å². The van der Waals surface area contributed by atoms with Crippen LogP contribution in [0, 0.1) is 10.1 Å². The molecule has 0 spiro atoms. The van der Waals surface area contributed by atoms with Crippen LogP contribution in [-0.2, 0) is 15.1 Å². The Labute approximate surface area is 112 Å². The highest BCUT2D eigenvalue weighted by molar-refractivity contribution is 5.81. The van der Waals surface area contributed by atoms with E-state index in [0.717, 1.165) is 0 Å². The largest absolute Gasteiger partial charge is 0.456 e. The molecule has 1 unspecified atom stereocenters. The molecule has 0 heterocycles. The molecule has 0 bridgehead atoms. The number of hydrogen-bond donors (Lipinski definition) is 0. The van der Waals surface area contributed by atoms with E-state index in [-0.39, 0.29) is 13.0 Å². The van der Waals surface area contributed by atoms with Gasteiger partial charge in [0.2, 0.25) is 0 Å². The lowest BCUT2D eigenvalue weighted by atomic mass is 9.86. The first kappa shape index (κ1) is 14.9. The summed E-state index contributed by atoms with van der Waals surface area (Å²) >= 11 is 0. The summed E-state index contributed by atoms with van der Waals surface area (Å²) in [4.78, 5) is 23.1. The molecule has 0 saturated heterocycles. The minimum absolute atomic E-state index is 0.0367. The fourth-order valence-corrected chi connectivity index (χ4v) is 1.97. The Bertz CT molecular complexity index is 458. The average Bonchev–Trinajstić information content (AvgIpc) is 2.42. The summed E-state index contributed by atoms with van der Waals surface area (Å²) in [6, 6.07) is 8.24. The Morgan fingerprint density at radius 3 is 2.58 bits per heavy atom. The molecular weight excluding hydrogens is 246 g/mol. The van der Waals surface area contributed by atoms with E-state index in [4.69, 9.17) is 4.74 Å². The van der Waals surface area contributed by atoms with Gasteiger partial charge >= 0.3 is 11.5 Å². The van der Waals surface area contributed by atoms with Gasteiger partial charge in [0, 0.05) is 16.9 Å². The highest BCUT2D eigenvalue weighted by Gasteiger charge is 2.53. The second-order valence-electron chi connectivity index (χ2n) is 4.12. The quantitative estimate of drug-likeness (QED) is 0.328. The first-order chi connectivity index (χ1) is 9.09. The lowest BCUT2D eigenvalue weighted by Crippen LogP contribution is -2.44. The van der Waals surface area contributed by atoms with Gasteiger partial charge in [0.05, 0.1) is 0 Å². The lowest BCUT2D eigenvalue weighted by molar-refractivity contribution is -0.565. The van der Waals surface area contributed by atoms with E-state index in [9.17, 15) is 14.9 Å². The number of ether oxygens (including phenoxy) is 1. The van der Waals surface area contributed by atoms with E-state index >= 15 is 0 Å². The van der Waals surface area contributed by atoms with Crippen molar-refractivity contribution in [2.45, 2.75) is 25.3 Å². The van der Waals surface area contributed by atoms with Crippen LogP contribution in [0.3, 0.4) is 0 Å². The molecule has 0 radical (unpaired) electrons. The zero-order valence-corrected chi connectivity index (χ0v) is 10.9. The molecule has 0 N–H and O–H groups in total. The number of carbonyl (C=O) groups is 1. The molecule has 1 aromatic rings. The number of nitro groups is 1. The topological polar surface area (TPSA) is 69.4 Å². The van der Waals surface area contributed by atoms with E-state index in [1.54, 1.807) is 37.3 Å². The molecule has 5 nitrogen and oxygen atoms in total. The van der Waals surface area contributed by atoms with Crippen LogP contribution in [0.5, 0.6) is 0 Å². The number of esters is 1. The summed E-state index contributed by atoms with van der Waals surface area (Å²) in [5.41, 5.74) is -1.49. The standard InChI is InChI=1S/C14H17NO4/c1-3-10-14(15(17)18,13(16)19-11-4-2)12-8-6-5-7-9-12/h4-9H,2-3,10-11H2,1H3. The summed E-state index contributed by atoms with van der Waals surface area (Å²) in [5.74, 6) is -0.842. The van der Waals surface area contributed by atoms with Crippen LogP contribution in [-0.4, -0.2) is 17.5 Å². The van der Waals surface area contributed by atoms with Crippen LogP contribution in [0.4, 0.5) is 0 Å². The molecule has 0 aliphatic carbocycles. The smallest absolute Gasteiger partial charge is 0.390 e. The van der Waals surface area contributed by atoms with Crippen molar-refractivity contribution in [1.29, 1.82) is 0 Å². The Balaban J connectivity index is 3.25. The Kier molecular flexibility index (Phi) is 5.23. The van der Waals surface area contributed by atoms with Gasteiger partial charge in [-0.05, 0) is 6.42 Å². The van der Waals surface area contributed by atoms with Crippen LogP contribution >= 0.6 is 0 Å². The molecule has 0 amide bonds. The minimum atomic E-state index is -1.83. The van der Waals surface area contributed by atoms with E-state index in [0.29, 0.717) is 12.0 Å². The third kappa shape index (κ3) is 2.99. The molecule has 0 aliphatic rings. The zero-order valence-electron chi connectivity index (χ0n) is 10.9. The second kappa shape index (κ2) is 6.68. The monoisotopic (exact) mass is 263 g/mol. The van der Waals surface area contributed by atoms with E-state index in [1.165, 1.54) is 6.08 Å². The summed E-state index contributed by atoms with van der Waals surface area (Å²) in [7, 11) is 0. The maximum atomic E-state index is 12.1. The first-order valence-electron chi connectivity index (χ1n) is 6.07. The van der Waals surface area contributed by atoms with Crippen molar-refractivity contribution in [1.82, 2.24) is 0 Å². The van der Waals surface area contributed by atoms with Crippen molar-refractivity contribution < 1.29 is 14.5 Å². The van der Waals surface area contributed by atoms with Gasteiger partial charge in [0.25, 0.3) is 0 Å². The van der Waals surface area contributed by atoms with Gasteiger partial charge in [-0.25, -0.2) is 4.79 Å². The Morgan fingerprint density at radius 1 is 1.47 bits per heavy atom. The van der Waals surface area contributed by atoms with Crippen LogP contribution in [0.2, 0.25) is 0 Å². The molecule has 5 heteroatoms. The summed E-state index contributed by atoms with van der Waals surface area (Å²) in [6.07, 6.45) is 1.98. The fourth-order valence-electron chi connectivity index (χ4n) is 1.97. The van der Waals surface area contributed by atoms with Crippen molar-refractivity contribution in [3.05, 3.63) is 58.7 Å². The summed E-state index contributed by atoms with van der Waals surface area (Å²) in [5, 5.41) is 11.5. The van der Waals surface area contributed by atoms with Gasteiger partial charge in [0.1, 0.15) is 6.61 Å². The molecule has 19 heavy (non-hydrogen) atoms. The van der Waals surface area contributed by atoms with Gasteiger partial charge in [-0.15, -0.1) is 0 Å². The molecule has 0 saturated carbocycles. The molecule has 0 aliphatic heterocycles. The molecular formula is C14H17NO4. The van der Waals surface area contributed by atoms with Gasteiger partial charge in [-0.1, -0.05) is 49.9 Å². The highest BCUT2D eigenvalue weighted by atomic mass is 16.6. The van der Waals surface area contributed by atoms with Crippen LogP contribution < -0.4 is 0 Å². The van der Waals surface area contributed by atoms with Crippen molar-refractivity contribution in [2.75, 3.05) is 6.61 Å². The van der Waals surface area contributed by atoms with Crippen LogP contribution in [0.15, 0.2) is 43.0 Å². The van der Waals surface area contributed by atoms with Crippen molar-refractivity contribution >= 4 is 5.97 Å². The predicted octanol–water partition coefficient (Wildman–Crippen LogP) is 2.69. The number of hydrogen-bond acceptors (Lipinski definition) is 4. The number of rotatable bonds is 7. The normalized spacial score (nSPS) is 13.3. The van der Waals surface area contributed by atoms with Gasteiger partial charge in [0.15, 0.2) is 0 Å². The number of nitrogens with zero attached hydrogens (tertiary/aromatic N) is 1. The van der Waals surface area contributed by atoms with E-state index in [1.807, 2.05) is 0 Å². The van der Waals surface area contributed by atoms with Crippen molar-refractivity contribution in [3.63, 3.8) is 0 Å². The Morgan fingerprint density at radius 2 is 2.11 bits per heavy atom. The van der Waals surface area contributed by atoms with E-state index < -0.39 is 16.4 Å². The molecule has 1 atom stereocenters. The van der Waals surface area contributed by atoms with Crippen molar-refractivity contribution in [3.8, 4) is 0 Å². The minimum Gasteiger partial charge on any atom is -0.456 e. The maximum absolute atomic E-state index is 12.1. The first-order valence-corrected chi connectivity index (χ1v) is 6.07. The number of carbonyl (C=O) groups excluding carboxylic acids is 1.